The quantitative estimate of drug-likeness (QED) is 0.530. The van der Waals surface area contributed by atoms with Crippen molar-refractivity contribution in [2.45, 2.75) is 0 Å². The second-order valence-corrected chi connectivity index (χ2v) is 4.82. The number of H-pyrrole nitrogens is 1. The molecule has 0 spiro atoms. The third-order valence-corrected chi connectivity index (χ3v) is 3.70. The Kier molecular flexibility index (Phi) is 2.21. The highest BCUT2D eigenvalue weighted by Gasteiger charge is 2.31. The van der Waals surface area contributed by atoms with Gasteiger partial charge in [0, 0.05) is 16.7 Å². The van der Waals surface area contributed by atoms with E-state index in [1.165, 1.54) is 18.5 Å². The van der Waals surface area contributed by atoms with E-state index in [9.17, 15) is 14.4 Å². The van der Waals surface area contributed by atoms with E-state index in [1.54, 1.807) is 24.3 Å². The average Bonchev–Trinajstić information content (AvgIpc) is 2.52. The molecule has 0 bridgehead atoms. The summed E-state index contributed by atoms with van der Waals surface area (Å²) in [5.41, 5.74) is 1.18. The Morgan fingerprint density at radius 2 is 1.52 bits per heavy atom. The number of benzene rings is 2. The Labute approximate surface area is 118 Å². The molecule has 0 fully saturated rings. The van der Waals surface area contributed by atoms with Crippen molar-refractivity contribution in [3.63, 3.8) is 0 Å². The van der Waals surface area contributed by atoms with E-state index in [4.69, 9.17) is 0 Å². The number of rotatable bonds is 0. The van der Waals surface area contributed by atoms with Crippen molar-refractivity contribution in [2.75, 3.05) is 0 Å². The van der Waals surface area contributed by atoms with Crippen LogP contribution in [0.1, 0.15) is 31.8 Å². The molecule has 0 amide bonds. The fourth-order valence-corrected chi connectivity index (χ4v) is 2.72. The standard InChI is InChI=1S/C16H8N2O3/c19-14-8-3-1-2-4-9(8)15(20)12-10(14)5-6-11-13(12)17-7-18-16(11)21/h1-7H,(H,17,18,21). The third kappa shape index (κ3) is 1.45. The Balaban J connectivity index is 2.17. The first-order valence-corrected chi connectivity index (χ1v) is 6.37. The van der Waals surface area contributed by atoms with Gasteiger partial charge in [-0.3, -0.25) is 14.4 Å². The van der Waals surface area contributed by atoms with Crippen molar-refractivity contribution in [1.82, 2.24) is 9.97 Å². The second-order valence-electron chi connectivity index (χ2n) is 4.82. The van der Waals surface area contributed by atoms with Crippen LogP contribution in [0.3, 0.4) is 0 Å². The highest BCUT2D eigenvalue weighted by Crippen LogP contribution is 2.30. The number of hydrogen-bond acceptors (Lipinski definition) is 4. The fraction of sp³-hybridized carbons (Fsp3) is 0. The number of aromatic amines is 1. The first-order valence-electron chi connectivity index (χ1n) is 6.37. The van der Waals surface area contributed by atoms with E-state index < -0.39 is 0 Å². The van der Waals surface area contributed by atoms with Crippen LogP contribution >= 0.6 is 0 Å². The summed E-state index contributed by atoms with van der Waals surface area (Å²) in [4.78, 5) is 43.5. The Bertz CT molecular complexity index is 1000. The van der Waals surface area contributed by atoms with Crippen molar-refractivity contribution < 1.29 is 9.59 Å². The predicted molar refractivity (Wildman–Crippen MR) is 75.7 cm³/mol. The molecule has 0 saturated heterocycles. The summed E-state index contributed by atoms with van der Waals surface area (Å²) < 4.78 is 0. The smallest absolute Gasteiger partial charge is 0.258 e. The lowest BCUT2D eigenvalue weighted by molar-refractivity contribution is 0.0980. The van der Waals surface area contributed by atoms with Gasteiger partial charge in [0.05, 0.1) is 22.8 Å². The molecule has 2 aromatic carbocycles. The van der Waals surface area contributed by atoms with Crippen molar-refractivity contribution in [1.29, 1.82) is 0 Å². The van der Waals surface area contributed by atoms with Gasteiger partial charge in [-0.05, 0) is 12.1 Å². The van der Waals surface area contributed by atoms with E-state index in [0.717, 1.165) is 0 Å². The predicted octanol–water partition coefficient (Wildman–Crippen LogP) is 1.70. The van der Waals surface area contributed by atoms with Crippen LogP contribution in [-0.2, 0) is 0 Å². The van der Waals surface area contributed by atoms with Gasteiger partial charge in [-0.15, -0.1) is 0 Å². The van der Waals surface area contributed by atoms with Gasteiger partial charge in [-0.25, -0.2) is 4.98 Å². The van der Waals surface area contributed by atoms with Gasteiger partial charge in [-0.2, -0.15) is 0 Å². The van der Waals surface area contributed by atoms with E-state index in [-0.39, 0.29) is 28.2 Å². The van der Waals surface area contributed by atoms with Crippen molar-refractivity contribution in [2.24, 2.45) is 0 Å². The number of aromatic nitrogens is 2. The summed E-state index contributed by atoms with van der Waals surface area (Å²) >= 11 is 0. The summed E-state index contributed by atoms with van der Waals surface area (Å²) in [6.07, 6.45) is 1.24. The molecule has 1 aromatic heterocycles. The van der Waals surface area contributed by atoms with E-state index in [0.29, 0.717) is 22.1 Å². The largest absolute Gasteiger partial charge is 0.313 e. The van der Waals surface area contributed by atoms with Crippen molar-refractivity contribution in [3.05, 3.63) is 75.3 Å². The number of fused-ring (bicyclic) bond motifs is 4. The maximum atomic E-state index is 12.7. The van der Waals surface area contributed by atoms with Crippen LogP contribution < -0.4 is 5.56 Å². The lowest BCUT2D eigenvalue weighted by Crippen LogP contribution is -2.22. The first-order chi connectivity index (χ1) is 10.2. The zero-order valence-electron chi connectivity index (χ0n) is 10.7. The van der Waals surface area contributed by atoms with Gasteiger partial charge in [0.1, 0.15) is 0 Å². The van der Waals surface area contributed by atoms with Gasteiger partial charge >= 0.3 is 0 Å². The number of carbonyl (C=O) groups is 2. The molecule has 1 heterocycles. The van der Waals surface area contributed by atoms with Crippen LogP contribution in [0.4, 0.5) is 0 Å². The molecular formula is C16H8N2O3. The minimum Gasteiger partial charge on any atom is -0.313 e. The maximum Gasteiger partial charge on any atom is 0.258 e. The molecule has 1 N–H and O–H groups in total. The van der Waals surface area contributed by atoms with Gasteiger partial charge in [0.25, 0.3) is 5.56 Å². The van der Waals surface area contributed by atoms with Crippen LogP contribution in [0, 0.1) is 0 Å². The van der Waals surface area contributed by atoms with Gasteiger partial charge in [-0.1, -0.05) is 24.3 Å². The number of hydrogen-bond donors (Lipinski definition) is 1. The monoisotopic (exact) mass is 276 g/mol. The molecule has 1 aliphatic rings. The molecule has 3 aromatic rings. The number of carbonyl (C=O) groups excluding carboxylic acids is 2. The van der Waals surface area contributed by atoms with Gasteiger partial charge in [0.2, 0.25) is 0 Å². The normalized spacial score (nSPS) is 13.1. The highest BCUT2D eigenvalue weighted by atomic mass is 16.1. The second kappa shape index (κ2) is 3.96. The Hall–Kier alpha value is -3.08. The molecule has 4 rings (SSSR count). The highest BCUT2D eigenvalue weighted by molar-refractivity contribution is 6.31. The minimum atomic E-state index is -0.332. The Morgan fingerprint density at radius 3 is 2.29 bits per heavy atom. The van der Waals surface area contributed by atoms with Crippen LogP contribution in [0.25, 0.3) is 10.9 Å². The molecule has 0 aliphatic heterocycles. The molecule has 0 atom stereocenters. The van der Waals surface area contributed by atoms with Crippen LogP contribution in [0.15, 0.2) is 47.5 Å². The minimum absolute atomic E-state index is 0.210. The third-order valence-electron chi connectivity index (χ3n) is 3.70. The lowest BCUT2D eigenvalue weighted by Gasteiger charge is -2.18. The molecule has 0 unspecified atom stereocenters. The topological polar surface area (TPSA) is 79.9 Å². The first kappa shape index (κ1) is 11.7. The van der Waals surface area contributed by atoms with Crippen molar-refractivity contribution in [3.8, 4) is 0 Å². The van der Waals surface area contributed by atoms with Crippen molar-refractivity contribution >= 4 is 22.5 Å². The zero-order valence-corrected chi connectivity index (χ0v) is 10.7. The van der Waals surface area contributed by atoms with Crippen LogP contribution in [-0.4, -0.2) is 21.5 Å². The average molecular weight is 276 g/mol. The molecule has 21 heavy (non-hydrogen) atoms. The van der Waals surface area contributed by atoms with E-state index >= 15 is 0 Å². The maximum absolute atomic E-state index is 12.7. The Morgan fingerprint density at radius 1 is 0.810 bits per heavy atom. The van der Waals surface area contributed by atoms with Crippen LogP contribution in [0.5, 0.6) is 0 Å². The molecule has 0 radical (unpaired) electrons. The van der Waals surface area contributed by atoms with E-state index in [2.05, 4.69) is 9.97 Å². The van der Waals surface area contributed by atoms with Gasteiger partial charge in [0.15, 0.2) is 11.6 Å². The van der Waals surface area contributed by atoms with Gasteiger partial charge < -0.3 is 4.98 Å². The number of nitrogens with zero attached hydrogens (tertiary/aromatic N) is 1. The lowest BCUT2D eigenvalue weighted by atomic mass is 9.83. The zero-order chi connectivity index (χ0) is 14.6. The molecule has 0 saturated carbocycles. The molecule has 1 aliphatic carbocycles. The molecule has 5 nitrogen and oxygen atoms in total. The van der Waals surface area contributed by atoms with Crippen LogP contribution in [0.2, 0.25) is 0 Å². The molecular weight excluding hydrogens is 268 g/mol. The summed E-state index contributed by atoms with van der Waals surface area (Å²) in [6.45, 7) is 0. The van der Waals surface area contributed by atoms with E-state index in [1.807, 2.05) is 0 Å². The fourth-order valence-electron chi connectivity index (χ4n) is 2.72. The summed E-state index contributed by atoms with van der Waals surface area (Å²) in [6, 6.07) is 9.72. The summed E-state index contributed by atoms with van der Waals surface area (Å²) in [5, 5.41) is 0.303. The SMILES string of the molecule is O=C1c2ccccc2C(=O)c2c1ccc1c(=O)[nH]cnc21. The summed E-state index contributed by atoms with van der Waals surface area (Å²) in [5.74, 6) is -0.493. The number of nitrogens with one attached hydrogen (secondary N) is 1. The molecule has 5 heteroatoms. The summed E-state index contributed by atoms with van der Waals surface area (Å²) in [7, 11) is 0. The molecule has 100 valence electrons. The number of ketones is 2.